The summed E-state index contributed by atoms with van der Waals surface area (Å²) in [7, 11) is 1.69. The molecule has 1 aromatic heterocycles. The lowest BCUT2D eigenvalue weighted by molar-refractivity contribution is 0.0951. The highest BCUT2D eigenvalue weighted by molar-refractivity contribution is 7.89. The van der Waals surface area contributed by atoms with E-state index in [9.17, 15) is 13.2 Å². The van der Waals surface area contributed by atoms with Gasteiger partial charge in [-0.2, -0.15) is 5.10 Å². The SMILES string of the molecule is C[C@@H](NS(=O)(=O)c1cccc(C(=O)NCCN(C)C)c1)c1ncnn1C. The second kappa shape index (κ2) is 8.39. The predicted octanol–water partition coefficient (Wildman–Crippen LogP) is 0.146. The molecule has 1 atom stereocenters. The number of rotatable bonds is 8. The molecule has 2 aromatic rings. The molecule has 2 N–H and O–H groups in total. The molecule has 1 amide bonds. The van der Waals surface area contributed by atoms with Crippen LogP contribution in [0.1, 0.15) is 29.1 Å². The molecule has 0 fully saturated rings. The zero-order valence-corrected chi connectivity index (χ0v) is 16.1. The minimum Gasteiger partial charge on any atom is -0.351 e. The third-order valence-electron chi connectivity index (χ3n) is 3.72. The number of sulfonamides is 1. The van der Waals surface area contributed by atoms with E-state index in [1.54, 1.807) is 26.1 Å². The Labute approximate surface area is 153 Å². The molecule has 142 valence electrons. The molecule has 0 aliphatic rings. The van der Waals surface area contributed by atoms with E-state index in [0.717, 1.165) is 0 Å². The molecule has 1 heterocycles. The Kier molecular flexibility index (Phi) is 6.46. The van der Waals surface area contributed by atoms with Crippen LogP contribution in [0, 0.1) is 0 Å². The van der Waals surface area contributed by atoms with Crippen LogP contribution in [0.4, 0.5) is 0 Å². The number of likely N-dealkylation sites (N-methyl/N-ethyl adjacent to an activating group) is 1. The van der Waals surface area contributed by atoms with Crippen molar-refractivity contribution in [3.05, 3.63) is 42.0 Å². The molecule has 10 heteroatoms. The number of aromatic nitrogens is 3. The zero-order chi connectivity index (χ0) is 19.3. The average molecular weight is 380 g/mol. The summed E-state index contributed by atoms with van der Waals surface area (Å²) < 4.78 is 29.3. The Morgan fingerprint density at radius 1 is 1.35 bits per heavy atom. The number of amides is 1. The Bertz CT molecular complexity index is 862. The van der Waals surface area contributed by atoms with Gasteiger partial charge in [0, 0.05) is 25.7 Å². The fourth-order valence-corrected chi connectivity index (χ4v) is 3.60. The van der Waals surface area contributed by atoms with Crippen molar-refractivity contribution < 1.29 is 13.2 Å². The number of nitrogens with zero attached hydrogens (tertiary/aromatic N) is 4. The van der Waals surface area contributed by atoms with Gasteiger partial charge < -0.3 is 10.2 Å². The van der Waals surface area contributed by atoms with E-state index in [-0.39, 0.29) is 16.4 Å². The van der Waals surface area contributed by atoms with Crippen LogP contribution in [0.15, 0.2) is 35.5 Å². The van der Waals surface area contributed by atoms with E-state index >= 15 is 0 Å². The maximum Gasteiger partial charge on any atom is 0.251 e. The van der Waals surface area contributed by atoms with E-state index in [1.165, 1.54) is 23.1 Å². The van der Waals surface area contributed by atoms with Gasteiger partial charge in [0.2, 0.25) is 10.0 Å². The van der Waals surface area contributed by atoms with Crippen LogP contribution in [0.25, 0.3) is 0 Å². The van der Waals surface area contributed by atoms with Gasteiger partial charge >= 0.3 is 0 Å². The molecule has 0 aliphatic heterocycles. The molecule has 26 heavy (non-hydrogen) atoms. The van der Waals surface area contributed by atoms with Crippen molar-refractivity contribution in [1.82, 2.24) is 29.7 Å². The van der Waals surface area contributed by atoms with Gasteiger partial charge in [0.15, 0.2) is 0 Å². The topological polar surface area (TPSA) is 109 Å². The summed E-state index contributed by atoms with van der Waals surface area (Å²) in [6.45, 7) is 2.85. The van der Waals surface area contributed by atoms with E-state index < -0.39 is 16.1 Å². The lowest BCUT2D eigenvalue weighted by Gasteiger charge is -2.14. The highest BCUT2D eigenvalue weighted by Crippen LogP contribution is 2.16. The fraction of sp³-hybridized carbons (Fsp3) is 0.438. The van der Waals surface area contributed by atoms with Crippen LogP contribution in [-0.2, 0) is 17.1 Å². The molecule has 0 bridgehead atoms. The average Bonchev–Trinajstić information content (AvgIpc) is 3.00. The molecule has 1 aromatic carbocycles. The van der Waals surface area contributed by atoms with Crippen LogP contribution in [0.5, 0.6) is 0 Å². The van der Waals surface area contributed by atoms with E-state index in [4.69, 9.17) is 0 Å². The van der Waals surface area contributed by atoms with Gasteiger partial charge in [-0.15, -0.1) is 0 Å². The number of hydrogen-bond acceptors (Lipinski definition) is 6. The first-order valence-corrected chi connectivity index (χ1v) is 9.58. The normalized spacial score (nSPS) is 13.0. The minimum absolute atomic E-state index is 0.0202. The first kappa shape index (κ1) is 20.0. The predicted molar refractivity (Wildman–Crippen MR) is 97.1 cm³/mol. The lowest BCUT2D eigenvalue weighted by Crippen LogP contribution is -2.32. The quantitative estimate of drug-likeness (QED) is 0.675. The summed E-state index contributed by atoms with van der Waals surface area (Å²) in [5.41, 5.74) is 0.290. The maximum absolute atomic E-state index is 12.6. The molecule has 0 spiro atoms. The van der Waals surface area contributed by atoms with Crippen LogP contribution in [0.2, 0.25) is 0 Å². The van der Waals surface area contributed by atoms with Crippen molar-refractivity contribution in [3.8, 4) is 0 Å². The first-order valence-electron chi connectivity index (χ1n) is 8.10. The number of hydrogen-bond donors (Lipinski definition) is 2. The highest BCUT2D eigenvalue weighted by atomic mass is 32.2. The molecule has 0 aliphatic carbocycles. The van der Waals surface area contributed by atoms with Gasteiger partial charge in [-0.25, -0.2) is 18.1 Å². The van der Waals surface area contributed by atoms with Crippen LogP contribution in [-0.4, -0.2) is 61.2 Å². The summed E-state index contributed by atoms with van der Waals surface area (Å²) in [5.74, 6) is 0.177. The molecule has 2 rings (SSSR count). The van der Waals surface area contributed by atoms with Gasteiger partial charge in [0.05, 0.1) is 10.9 Å². The third-order valence-corrected chi connectivity index (χ3v) is 5.26. The maximum atomic E-state index is 12.6. The van der Waals surface area contributed by atoms with Crippen molar-refractivity contribution in [2.45, 2.75) is 17.9 Å². The first-order chi connectivity index (χ1) is 12.2. The highest BCUT2D eigenvalue weighted by Gasteiger charge is 2.22. The third kappa shape index (κ3) is 5.10. The van der Waals surface area contributed by atoms with Crippen LogP contribution in [0.3, 0.4) is 0 Å². The number of nitrogens with one attached hydrogen (secondary N) is 2. The van der Waals surface area contributed by atoms with E-state index in [1.807, 2.05) is 19.0 Å². The van der Waals surface area contributed by atoms with Crippen LogP contribution >= 0.6 is 0 Å². The Morgan fingerprint density at radius 3 is 2.69 bits per heavy atom. The Morgan fingerprint density at radius 2 is 2.08 bits per heavy atom. The summed E-state index contributed by atoms with van der Waals surface area (Å²) >= 11 is 0. The molecular formula is C16H24N6O3S. The summed E-state index contributed by atoms with van der Waals surface area (Å²) in [5, 5.41) is 6.70. The number of benzene rings is 1. The van der Waals surface area contributed by atoms with Crippen molar-refractivity contribution in [2.24, 2.45) is 7.05 Å². The number of carbonyl (C=O) groups is 1. The molecule has 0 saturated carbocycles. The molecular weight excluding hydrogens is 356 g/mol. The number of carbonyl (C=O) groups excluding carboxylic acids is 1. The van der Waals surface area contributed by atoms with Gasteiger partial charge in [-0.1, -0.05) is 6.07 Å². The summed E-state index contributed by atoms with van der Waals surface area (Å²) in [6.07, 6.45) is 1.36. The number of aryl methyl sites for hydroxylation is 1. The van der Waals surface area contributed by atoms with E-state index in [0.29, 0.717) is 18.9 Å². The standard InChI is InChI=1S/C16H24N6O3S/c1-12(15-18-11-19-22(15)4)20-26(24,25)14-7-5-6-13(10-14)16(23)17-8-9-21(2)3/h5-7,10-12,20H,8-9H2,1-4H3,(H,17,23)/t12-/m1/s1. The molecule has 0 saturated heterocycles. The summed E-state index contributed by atoms with van der Waals surface area (Å²) in [4.78, 5) is 18.2. The smallest absolute Gasteiger partial charge is 0.251 e. The molecule has 0 unspecified atom stereocenters. The fourth-order valence-electron chi connectivity index (χ4n) is 2.35. The summed E-state index contributed by atoms with van der Waals surface area (Å²) in [6, 6.07) is 5.36. The van der Waals surface area contributed by atoms with Crippen molar-refractivity contribution in [1.29, 1.82) is 0 Å². The van der Waals surface area contributed by atoms with Gasteiger partial charge in [-0.05, 0) is 39.2 Å². The van der Waals surface area contributed by atoms with Crippen molar-refractivity contribution >= 4 is 15.9 Å². The second-order valence-corrected chi connectivity index (χ2v) is 7.89. The van der Waals surface area contributed by atoms with Crippen molar-refractivity contribution in [3.63, 3.8) is 0 Å². The van der Waals surface area contributed by atoms with Crippen LogP contribution < -0.4 is 10.0 Å². The molecule has 9 nitrogen and oxygen atoms in total. The minimum atomic E-state index is -3.81. The van der Waals surface area contributed by atoms with Gasteiger partial charge in [0.1, 0.15) is 12.2 Å². The van der Waals surface area contributed by atoms with E-state index in [2.05, 4.69) is 20.1 Å². The monoisotopic (exact) mass is 380 g/mol. The van der Waals surface area contributed by atoms with Gasteiger partial charge in [-0.3, -0.25) is 9.48 Å². The lowest BCUT2D eigenvalue weighted by atomic mass is 10.2. The van der Waals surface area contributed by atoms with Crippen molar-refractivity contribution in [2.75, 3.05) is 27.2 Å². The Hall–Kier alpha value is -2.30. The van der Waals surface area contributed by atoms with Gasteiger partial charge in [0.25, 0.3) is 5.91 Å². The molecule has 0 radical (unpaired) electrons. The second-order valence-electron chi connectivity index (χ2n) is 6.17. The zero-order valence-electron chi connectivity index (χ0n) is 15.3. The Balaban J connectivity index is 2.12. The largest absolute Gasteiger partial charge is 0.351 e.